The molecule has 6 heteroatoms. The fourth-order valence-corrected chi connectivity index (χ4v) is 3.67. The van der Waals surface area contributed by atoms with Crippen LogP contribution in [-0.4, -0.2) is 61.2 Å². The number of nitrogens with zero attached hydrogens (tertiary/aromatic N) is 3. The van der Waals surface area contributed by atoms with Crippen molar-refractivity contribution in [1.82, 2.24) is 9.88 Å². The van der Waals surface area contributed by atoms with Crippen LogP contribution in [0, 0.1) is 0 Å². The van der Waals surface area contributed by atoms with Crippen LogP contribution in [-0.2, 0) is 4.74 Å². The highest BCUT2D eigenvalue weighted by Gasteiger charge is 2.23. The van der Waals surface area contributed by atoms with E-state index in [1.807, 2.05) is 17.0 Å². The predicted molar refractivity (Wildman–Crippen MR) is 106 cm³/mol. The summed E-state index contributed by atoms with van der Waals surface area (Å²) in [5.41, 5.74) is 1.90. The van der Waals surface area contributed by atoms with Crippen molar-refractivity contribution in [2.24, 2.45) is 0 Å². The third-order valence-electron chi connectivity index (χ3n) is 5.23. The molecule has 2 aliphatic rings. The number of hydrogen-bond donors (Lipinski definition) is 1. The van der Waals surface area contributed by atoms with Crippen LogP contribution in [0.4, 0.5) is 11.5 Å². The number of nitrogens with one attached hydrogen (secondary N) is 1. The van der Waals surface area contributed by atoms with E-state index in [0.29, 0.717) is 5.56 Å². The Morgan fingerprint density at radius 3 is 2.70 bits per heavy atom. The van der Waals surface area contributed by atoms with Gasteiger partial charge in [0.2, 0.25) is 0 Å². The van der Waals surface area contributed by atoms with Crippen LogP contribution < -0.4 is 10.2 Å². The fraction of sp³-hybridized carbons (Fsp3) is 0.429. The van der Waals surface area contributed by atoms with Gasteiger partial charge in [0.15, 0.2) is 0 Å². The zero-order chi connectivity index (χ0) is 18.5. The Bertz CT molecular complexity index is 754. The lowest BCUT2D eigenvalue weighted by Crippen LogP contribution is -2.48. The summed E-state index contributed by atoms with van der Waals surface area (Å²) in [6.45, 7) is 4.74. The molecule has 1 atom stereocenters. The molecule has 0 aliphatic carbocycles. The first-order valence-corrected chi connectivity index (χ1v) is 9.70. The third kappa shape index (κ3) is 4.39. The number of amides is 1. The van der Waals surface area contributed by atoms with Crippen molar-refractivity contribution in [1.29, 1.82) is 0 Å². The molecule has 1 unspecified atom stereocenters. The Hall–Kier alpha value is -2.60. The number of ether oxygens (including phenoxy) is 1. The van der Waals surface area contributed by atoms with E-state index in [4.69, 9.17) is 4.74 Å². The average Bonchev–Trinajstić information content (AvgIpc) is 3.26. The topological polar surface area (TPSA) is 57.7 Å². The molecule has 142 valence electrons. The number of pyridine rings is 1. The summed E-state index contributed by atoms with van der Waals surface area (Å²) in [7, 11) is 0. The lowest BCUT2D eigenvalue weighted by molar-refractivity contribution is 0.0746. The van der Waals surface area contributed by atoms with Crippen molar-refractivity contribution < 1.29 is 9.53 Å². The number of carbonyl (C=O) groups is 1. The third-order valence-corrected chi connectivity index (χ3v) is 5.23. The maximum Gasteiger partial charge on any atom is 0.254 e. The molecule has 0 bridgehead atoms. The first-order chi connectivity index (χ1) is 13.3. The van der Waals surface area contributed by atoms with Gasteiger partial charge in [-0.15, -0.1) is 0 Å². The van der Waals surface area contributed by atoms with E-state index in [-0.39, 0.29) is 12.0 Å². The highest BCUT2D eigenvalue weighted by Crippen LogP contribution is 2.18. The van der Waals surface area contributed by atoms with Crippen molar-refractivity contribution in [3.8, 4) is 0 Å². The second kappa shape index (κ2) is 8.39. The van der Waals surface area contributed by atoms with Crippen LogP contribution in [0.1, 0.15) is 23.2 Å². The van der Waals surface area contributed by atoms with E-state index in [2.05, 4.69) is 39.5 Å². The molecular weight excluding hydrogens is 340 g/mol. The highest BCUT2D eigenvalue weighted by atomic mass is 16.5. The lowest BCUT2D eigenvalue weighted by Gasteiger charge is -2.36. The molecule has 0 saturated carbocycles. The first kappa shape index (κ1) is 17.8. The second-order valence-corrected chi connectivity index (χ2v) is 7.06. The Kier molecular flexibility index (Phi) is 5.53. The van der Waals surface area contributed by atoms with Gasteiger partial charge < -0.3 is 19.9 Å². The summed E-state index contributed by atoms with van der Waals surface area (Å²) in [6.07, 6.45) is 4.15. The van der Waals surface area contributed by atoms with Gasteiger partial charge in [0.05, 0.1) is 6.10 Å². The number of piperazine rings is 1. The smallest absolute Gasteiger partial charge is 0.254 e. The zero-order valence-electron chi connectivity index (χ0n) is 15.5. The maximum atomic E-state index is 12.9. The van der Waals surface area contributed by atoms with Crippen LogP contribution in [0.2, 0.25) is 0 Å². The number of hydrogen-bond acceptors (Lipinski definition) is 5. The zero-order valence-corrected chi connectivity index (χ0v) is 15.5. The minimum Gasteiger partial charge on any atom is -0.376 e. The number of carbonyl (C=O) groups excluding carboxylic acids is 1. The van der Waals surface area contributed by atoms with Crippen LogP contribution in [0.25, 0.3) is 0 Å². The van der Waals surface area contributed by atoms with Gasteiger partial charge in [0, 0.05) is 56.8 Å². The van der Waals surface area contributed by atoms with Gasteiger partial charge in [-0.25, -0.2) is 4.98 Å². The number of benzene rings is 1. The van der Waals surface area contributed by atoms with Crippen LogP contribution in [0.5, 0.6) is 0 Å². The Morgan fingerprint density at radius 1 is 1.15 bits per heavy atom. The monoisotopic (exact) mass is 366 g/mol. The van der Waals surface area contributed by atoms with Crippen LogP contribution in [0.3, 0.4) is 0 Å². The average molecular weight is 366 g/mol. The number of rotatable bonds is 5. The van der Waals surface area contributed by atoms with E-state index in [0.717, 1.165) is 58.0 Å². The van der Waals surface area contributed by atoms with E-state index in [9.17, 15) is 4.79 Å². The molecule has 2 aliphatic heterocycles. The summed E-state index contributed by atoms with van der Waals surface area (Å²) < 4.78 is 5.62. The summed E-state index contributed by atoms with van der Waals surface area (Å²) in [4.78, 5) is 21.5. The summed E-state index contributed by atoms with van der Waals surface area (Å²) in [5, 5.41) is 3.30. The van der Waals surface area contributed by atoms with Crippen LogP contribution >= 0.6 is 0 Å². The van der Waals surface area contributed by atoms with Crippen molar-refractivity contribution in [3.63, 3.8) is 0 Å². The molecular formula is C21H26N4O2. The van der Waals surface area contributed by atoms with E-state index < -0.39 is 0 Å². The molecule has 0 radical (unpaired) electrons. The summed E-state index contributed by atoms with van der Waals surface area (Å²) in [6, 6.07) is 14.0. The Morgan fingerprint density at radius 2 is 1.96 bits per heavy atom. The molecule has 2 saturated heterocycles. The number of aromatic nitrogens is 1. The molecule has 0 spiro atoms. The van der Waals surface area contributed by atoms with Crippen molar-refractivity contribution in [2.75, 3.05) is 49.5 Å². The molecule has 1 aromatic carbocycles. The van der Waals surface area contributed by atoms with Crippen molar-refractivity contribution in [3.05, 3.63) is 54.2 Å². The Balaban J connectivity index is 1.33. The molecule has 27 heavy (non-hydrogen) atoms. The van der Waals surface area contributed by atoms with Gasteiger partial charge in [-0.2, -0.15) is 0 Å². The number of anilines is 2. The Labute approximate surface area is 160 Å². The SMILES string of the molecule is O=C(c1ccnc(NCC2CCCO2)c1)N1CCN(c2ccccc2)CC1. The maximum absolute atomic E-state index is 12.9. The molecule has 6 nitrogen and oxygen atoms in total. The predicted octanol–water partition coefficient (Wildman–Crippen LogP) is 2.63. The van der Waals surface area contributed by atoms with Gasteiger partial charge in [-0.1, -0.05) is 18.2 Å². The minimum absolute atomic E-state index is 0.0743. The van der Waals surface area contributed by atoms with E-state index in [1.54, 1.807) is 12.3 Å². The molecule has 1 amide bonds. The minimum atomic E-state index is 0.0743. The first-order valence-electron chi connectivity index (χ1n) is 9.70. The van der Waals surface area contributed by atoms with E-state index in [1.165, 1.54) is 5.69 Å². The van der Waals surface area contributed by atoms with Gasteiger partial charge in [0.1, 0.15) is 5.82 Å². The summed E-state index contributed by atoms with van der Waals surface area (Å²) in [5.74, 6) is 0.810. The van der Waals surface area contributed by atoms with E-state index >= 15 is 0 Å². The molecule has 1 aromatic heterocycles. The van der Waals surface area contributed by atoms with Crippen molar-refractivity contribution >= 4 is 17.4 Å². The highest BCUT2D eigenvalue weighted by molar-refractivity contribution is 5.95. The van der Waals surface area contributed by atoms with Gasteiger partial charge in [-0.3, -0.25) is 4.79 Å². The normalized spacial score (nSPS) is 19.9. The summed E-state index contributed by atoms with van der Waals surface area (Å²) >= 11 is 0. The largest absolute Gasteiger partial charge is 0.376 e. The quantitative estimate of drug-likeness (QED) is 0.882. The van der Waals surface area contributed by atoms with Gasteiger partial charge in [-0.05, 0) is 37.1 Å². The second-order valence-electron chi connectivity index (χ2n) is 7.06. The van der Waals surface area contributed by atoms with Crippen LogP contribution in [0.15, 0.2) is 48.7 Å². The molecule has 2 fully saturated rings. The number of para-hydroxylation sites is 1. The van der Waals surface area contributed by atoms with Gasteiger partial charge >= 0.3 is 0 Å². The molecule has 2 aromatic rings. The molecule has 1 N–H and O–H groups in total. The molecule has 3 heterocycles. The molecule has 4 rings (SSSR count). The standard InChI is InChI=1S/C21H26N4O2/c26-21(25-12-10-24(11-13-25)18-5-2-1-3-6-18)17-8-9-22-20(15-17)23-16-19-7-4-14-27-19/h1-3,5-6,8-9,15,19H,4,7,10-14,16H2,(H,22,23). The lowest BCUT2D eigenvalue weighted by atomic mass is 10.2. The van der Waals surface area contributed by atoms with Gasteiger partial charge in [0.25, 0.3) is 5.91 Å². The fourth-order valence-electron chi connectivity index (χ4n) is 3.67. The van der Waals surface area contributed by atoms with Crippen molar-refractivity contribution in [2.45, 2.75) is 18.9 Å².